The molecular formula is C22H44O3. The molecule has 0 saturated heterocycles. The van der Waals surface area contributed by atoms with Gasteiger partial charge in [-0.05, 0) is 13.3 Å². The summed E-state index contributed by atoms with van der Waals surface area (Å²) in [5.74, 6) is -0.503. The minimum absolute atomic E-state index is 0.447. The molecular weight excluding hydrogens is 312 g/mol. The summed E-state index contributed by atoms with van der Waals surface area (Å²) in [7, 11) is 0. The molecule has 25 heavy (non-hydrogen) atoms. The zero-order valence-electron chi connectivity index (χ0n) is 17.1. The van der Waals surface area contributed by atoms with Gasteiger partial charge in [0, 0.05) is 0 Å². The van der Waals surface area contributed by atoms with Gasteiger partial charge in [-0.1, -0.05) is 110 Å². The van der Waals surface area contributed by atoms with Gasteiger partial charge in [-0.3, -0.25) is 0 Å². The SMILES string of the molecule is CCCCCCCCCCCCCCCCCCCOC(=O)C(C)O. The van der Waals surface area contributed by atoms with E-state index in [2.05, 4.69) is 6.92 Å². The molecule has 0 aromatic heterocycles. The Hall–Kier alpha value is -0.570. The molecule has 0 rings (SSSR count). The van der Waals surface area contributed by atoms with Crippen LogP contribution in [0, 0.1) is 0 Å². The van der Waals surface area contributed by atoms with Crippen LogP contribution in [0.4, 0.5) is 0 Å². The summed E-state index contributed by atoms with van der Waals surface area (Å²) in [6.07, 6.45) is 21.9. The molecule has 3 heteroatoms. The van der Waals surface area contributed by atoms with E-state index < -0.39 is 12.1 Å². The molecule has 1 unspecified atom stereocenters. The quantitative estimate of drug-likeness (QED) is 0.210. The van der Waals surface area contributed by atoms with Gasteiger partial charge < -0.3 is 9.84 Å². The summed E-state index contributed by atoms with van der Waals surface area (Å²) in [4.78, 5) is 11.0. The number of hydrogen-bond donors (Lipinski definition) is 1. The second-order valence-corrected chi connectivity index (χ2v) is 7.50. The smallest absolute Gasteiger partial charge is 0.334 e. The minimum Gasteiger partial charge on any atom is -0.464 e. The maximum Gasteiger partial charge on any atom is 0.334 e. The third kappa shape index (κ3) is 19.6. The van der Waals surface area contributed by atoms with Gasteiger partial charge in [-0.2, -0.15) is 0 Å². The van der Waals surface area contributed by atoms with Crippen LogP contribution in [0.1, 0.15) is 123 Å². The first-order valence-corrected chi connectivity index (χ1v) is 11.0. The van der Waals surface area contributed by atoms with Crippen molar-refractivity contribution in [1.82, 2.24) is 0 Å². The molecule has 0 aliphatic rings. The Labute approximate surface area is 156 Å². The fraction of sp³-hybridized carbons (Fsp3) is 0.955. The van der Waals surface area contributed by atoms with Gasteiger partial charge in [0.05, 0.1) is 6.61 Å². The molecule has 0 radical (unpaired) electrons. The lowest BCUT2D eigenvalue weighted by Crippen LogP contribution is -2.19. The van der Waals surface area contributed by atoms with Crippen molar-refractivity contribution in [3.63, 3.8) is 0 Å². The number of aliphatic hydroxyl groups is 1. The van der Waals surface area contributed by atoms with Gasteiger partial charge in [0.2, 0.25) is 0 Å². The molecule has 0 aliphatic heterocycles. The lowest BCUT2D eigenvalue weighted by Gasteiger charge is -2.06. The van der Waals surface area contributed by atoms with E-state index in [-0.39, 0.29) is 0 Å². The van der Waals surface area contributed by atoms with Crippen molar-refractivity contribution in [3.8, 4) is 0 Å². The van der Waals surface area contributed by atoms with Crippen LogP contribution in [0.25, 0.3) is 0 Å². The normalized spacial score (nSPS) is 12.3. The van der Waals surface area contributed by atoms with Crippen LogP contribution in [0.3, 0.4) is 0 Å². The summed E-state index contributed by atoms with van der Waals surface area (Å²) in [5.41, 5.74) is 0. The Kier molecular flexibility index (Phi) is 19.3. The van der Waals surface area contributed by atoms with E-state index in [9.17, 15) is 4.79 Å². The molecule has 0 amide bonds. The van der Waals surface area contributed by atoms with E-state index in [0.717, 1.165) is 12.8 Å². The molecule has 150 valence electrons. The average Bonchev–Trinajstić information content (AvgIpc) is 2.60. The fourth-order valence-electron chi connectivity index (χ4n) is 3.12. The number of carbonyl (C=O) groups excluding carboxylic acids is 1. The molecule has 0 heterocycles. The Morgan fingerprint density at radius 3 is 1.32 bits per heavy atom. The highest BCUT2D eigenvalue weighted by molar-refractivity contribution is 5.73. The van der Waals surface area contributed by atoms with Crippen LogP contribution < -0.4 is 0 Å². The van der Waals surface area contributed by atoms with Crippen molar-refractivity contribution in [2.75, 3.05) is 6.61 Å². The number of esters is 1. The van der Waals surface area contributed by atoms with Gasteiger partial charge in [-0.25, -0.2) is 4.79 Å². The predicted molar refractivity (Wildman–Crippen MR) is 107 cm³/mol. The summed E-state index contributed by atoms with van der Waals surface area (Å²) in [6, 6.07) is 0. The van der Waals surface area contributed by atoms with Gasteiger partial charge >= 0.3 is 5.97 Å². The molecule has 1 atom stereocenters. The molecule has 0 bridgehead atoms. The van der Waals surface area contributed by atoms with Gasteiger partial charge in [0.15, 0.2) is 0 Å². The summed E-state index contributed by atoms with van der Waals surface area (Å²) < 4.78 is 4.94. The van der Waals surface area contributed by atoms with E-state index in [4.69, 9.17) is 9.84 Å². The van der Waals surface area contributed by atoms with Crippen LogP contribution in [0.2, 0.25) is 0 Å². The van der Waals surface area contributed by atoms with E-state index in [1.807, 2.05) is 0 Å². The van der Waals surface area contributed by atoms with Crippen molar-refractivity contribution in [2.45, 2.75) is 129 Å². The summed E-state index contributed by atoms with van der Waals surface area (Å²) in [5, 5.41) is 8.99. The van der Waals surface area contributed by atoms with Crippen molar-refractivity contribution in [1.29, 1.82) is 0 Å². The van der Waals surface area contributed by atoms with Gasteiger partial charge in [-0.15, -0.1) is 0 Å². The molecule has 1 N–H and O–H groups in total. The first kappa shape index (κ1) is 24.4. The third-order valence-corrected chi connectivity index (χ3v) is 4.83. The number of hydrogen-bond acceptors (Lipinski definition) is 3. The second-order valence-electron chi connectivity index (χ2n) is 7.50. The Balaban J connectivity index is 3.04. The van der Waals surface area contributed by atoms with Crippen LogP contribution in [-0.4, -0.2) is 23.8 Å². The fourth-order valence-corrected chi connectivity index (χ4v) is 3.12. The Morgan fingerprint density at radius 2 is 1.00 bits per heavy atom. The van der Waals surface area contributed by atoms with Crippen molar-refractivity contribution < 1.29 is 14.6 Å². The first-order valence-electron chi connectivity index (χ1n) is 11.0. The standard InChI is InChI=1S/C22H44O3/c1-3-4-5-6-7-8-9-10-11-12-13-14-15-16-17-18-19-20-25-22(24)21(2)23/h21,23H,3-20H2,1-2H3. The van der Waals surface area contributed by atoms with Crippen molar-refractivity contribution in [3.05, 3.63) is 0 Å². The molecule has 3 nitrogen and oxygen atoms in total. The maximum absolute atomic E-state index is 11.0. The number of unbranched alkanes of at least 4 members (excludes halogenated alkanes) is 16. The predicted octanol–water partition coefficient (Wildman–Crippen LogP) is 6.56. The molecule has 0 aromatic rings. The average molecular weight is 357 g/mol. The number of ether oxygens (including phenoxy) is 1. The summed E-state index contributed by atoms with van der Waals surface area (Å²) in [6.45, 7) is 4.17. The highest BCUT2D eigenvalue weighted by Gasteiger charge is 2.08. The zero-order valence-corrected chi connectivity index (χ0v) is 17.1. The van der Waals surface area contributed by atoms with Gasteiger partial charge in [0.1, 0.15) is 6.10 Å². The highest BCUT2D eigenvalue weighted by atomic mass is 16.5. The van der Waals surface area contributed by atoms with Crippen molar-refractivity contribution >= 4 is 5.97 Å². The highest BCUT2D eigenvalue weighted by Crippen LogP contribution is 2.14. The van der Waals surface area contributed by atoms with E-state index in [0.29, 0.717) is 6.61 Å². The van der Waals surface area contributed by atoms with E-state index >= 15 is 0 Å². The van der Waals surface area contributed by atoms with Crippen LogP contribution in [-0.2, 0) is 9.53 Å². The third-order valence-electron chi connectivity index (χ3n) is 4.83. The van der Waals surface area contributed by atoms with Gasteiger partial charge in [0.25, 0.3) is 0 Å². The molecule has 0 aliphatic carbocycles. The van der Waals surface area contributed by atoms with Crippen LogP contribution in [0.5, 0.6) is 0 Å². The Bertz CT molecular complexity index is 276. The first-order chi connectivity index (χ1) is 12.2. The lowest BCUT2D eigenvalue weighted by molar-refractivity contribution is -0.152. The number of aliphatic hydroxyl groups excluding tert-OH is 1. The number of rotatable bonds is 19. The largest absolute Gasteiger partial charge is 0.464 e. The lowest BCUT2D eigenvalue weighted by atomic mass is 10.0. The monoisotopic (exact) mass is 356 g/mol. The molecule has 0 saturated carbocycles. The van der Waals surface area contributed by atoms with E-state index in [1.54, 1.807) is 0 Å². The second kappa shape index (κ2) is 19.8. The minimum atomic E-state index is -0.995. The number of carbonyl (C=O) groups is 1. The molecule has 0 aromatic carbocycles. The van der Waals surface area contributed by atoms with E-state index in [1.165, 1.54) is 103 Å². The van der Waals surface area contributed by atoms with Crippen LogP contribution in [0.15, 0.2) is 0 Å². The summed E-state index contributed by atoms with van der Waals surface area (Å²) >= 11 is 0. The van der Waals surface area contributed by atoms with Crippen LogP contribution >= 0.6 is 0 Å². The molecule has 0 spiro atoms. The molecule has 0 fully saturated rings. The zero-order chi connectivity index (χ0) is 18.6. The maximum atomic E-state index is 11.0. The topological polar surface area (TPSA) is 46.5 Å². The Morgan fingerprint density at radius 1 is 0.680 bits per heavy atom. The van der Waals surface area contributed by atoms with Crippen molar-refractivity contribution in [2.24, 2.45) is 0 Å².